The second-order valence-electron chi connectivity index (χ2n) is 4.74. The van der Waals surface area contributed by atoms with Gasteiger partial charge in [-0.15, -0.1) is 0 Å². The van der Waals surface area contributed by atoms with Crippen LogP contribution in [0.25, 0.3) is 0 Å². The van der Waals surface area contributed by atoms with Crippen molar-refractivity contribution < 1.29 is 5.11 Å². The Labute approximate surface area is 80.7 Å². The second-order valence-corrected chi connectivity index (χ2v) is 4.74. The van der Waals surface area contributed by atoms with Crippen LogP contribution in [0.3, 0.4) is 0 Å². The van der Waals surface area contributed by atoms with Gasteiger partial charge in [0, 0.05) is 12.1 Å². The Morgan fingerprint density at radius 2 is 2.23 bits per heavy atom. The number of hydrogen-bond donors (Lipinski definition) is 2. The molecule has 2 aliphatic carbocycles. The fourth-order valence-electron chi connectivity index (χ4n) is 3.05. The number of aliphatic hydroxyl groups excluding tert-OH is 1. The molecule has 0 aromatic heterocycles. The molecule has 0 amide bonds. The highest BCUT2D eigenvalue weighted by Crippen LogP contribution is 2.44. The monoisotopic (exact) mass is 183 g/mol. The van der Waals surface area contributed by atoms with Gasteiger partial charge in [-0.05, 0) is 37.5 Å². The Balaban J connectivity index is 1.82. The van der Waals surface area contributed by atoms with E-state index in [1.54, 1.807) is 0 Å². The molecule has 13 heavy (non-hydrogen) atoms. The van der Waals surface area contributed by atoms with E-state index in [4.69, 9.17) is 5.11 Å². The standard InChI is InChI=1S/C11H21NO/c1-2-10(7-13)12-11-6-8-3-4-9(11)5-8/h8-13H,2-7H2,1H3/t8-,9-,10-,11-/m0/s1. The average molecular weight is 183 g/mol. The minimum atomic E-state index is 0.296. The third-order valence-electron chi connectivity index (χ3n) is 3.90. The van der Waals surface area contributed by atoms with Gasteiger partial charge in [0.05, 0.1) is 6.61 Å². The molecule has 2 nitrogen and oxygen atoms in total. The van der Waals surface area contributed by atoms with E-state index in [0.29, 0.717) is 12.6 Å². The lowest BCUT2D eigenvalue weighted by molar-refractivity contribution is 0.210. The van der Waals surface area contributed by atoms with Crippen LogP contribution < -0.4 is 5.32 Å². The fraction of sp³-hybridized carbons (Fsp3) is 1.00. The van der Waals surface area contributed by atoms with Gasteiger partial charge >= 0.3 is 0 Å². The largest absolute Gasteiger partial charge is 0.395 e. The van der Waals surface area contributed by atoms with Crippen LogP contribution in [0.5, 0.6) is 0 Å². The maximum Gasteiger partial charge on any atom is 0.0584 e. The third kappa shape index (κ3) is 1.89. The van der Waals surface area contributed by atoms with Crippen LogP contribution in [-0.4, -0.2) is 23.8 Å². The van der Waals surface area contributed by atoms with Crippen LogP contribution in [0.1, 0.15) is 39.0 Å². The smallest absolute Gasteiger partial charge is 0.0584 e. The topological polar surface area (TPSA) is 32.3 Å². The molecule has 0 aromatic carbocycles. The van der Waals surface area contributed by atoms with Gasteiger partial charge < -0.3 is 10.4 Å². The summed E-state index contributed by atoms with van der Waals surface area (Å²) in [6.45, 7) is 2.44. The lowest BCUT2D eigenvalue weighted by Crippen LogP contribution is -2.42. The zero-order valence-corrected chi connectivity index (χ0v) is 8.50. The van der Waals surface area contributed by atoms with E-state index in [-0.39, 0.29) is 0 Å². The van der Waals surface area contributed by atoms with E-state index in [0.717, 1.165) is 24.3 Å². The summed E-state index contributed by atoms with van der Waals surface area (Å²) >= 11 is 0. The third-order valence-corrected chi connectivity index (χ3v) is 3.90. The molecule has 0 aliphatic heterocycles. The van der Waals surface area contributed by atoms with Gasteiger partial charge in [0.2, 0.25) is 0 Å². The lowest BCUT2D eigenvalue weighted by Gasteiger charge is -2.27. The van der Waals surface area contributed by atoms with E-state index in [9.17, 15) is 0 Å². The van der Waals surface area contributed by atoms with E-state index >= 15 is 0 Å². The lowest BCUT2D eigenvalue weighted by atomic mass is 9.94. The Bertz CT molecular complexity index is 167. The van der Waals surface area contributed by atoms with Gasteiger partial charge in [0.15, 0.2) is 0 Å². The van der Waals surface area contributed by atoms with Gasteiger partial charge in [-0.2, -0.15) is 0 Å². The summed E-state index contributed by atoms with van der Waals surface area (Å²) in [6.07, 6.45) is 6.73. The van der Waals surface area contributed by atoms with Crippen molar-refractivity contribution in [3.8, 4) is 0 Å². The average Bonchev–Trinajstić information content (AvgIpc) is 2.75. The molecule has 2 bridgehead atoms. The van der Waals surface area contributed by atoms with Gasteiger partial charge in [-0.1, -0.05) is 13.3 Å². The number of hydrogen-bond acceptors (Lipinski definition) is 2. The maximum absolute atomic E-state index is 9.09. The molecule has 0 aromatic rings. The Morgan fingerprint density at radius 3 is 2.69 bits per heavy atom. The summed E-state index contributed by atoms with van der Waals surface area (Å²) in [6, 6.07) is 1.06. The predicted octanol–water partition coefficient (Wildman–Crippen LogP) is 1.54. The molecule has 2 rings (SSSR count). The molecule has 2 saturated carbocycles. The first kappa shape index (κ1) is 9.47. The summed E-state index contributed by atoms with van der Waals surface area (Å²) < 4.78 is 0. The predicted molar refractivity (Wildman–Crippen MR) is 53.5 cm³/mol. The van der Waals surface area contributed by atoms with Crippen molar-refractivity contribution in [2.75, 3.05) is 6.61 Å². The van der Waals surface area contributed by atoms with Crippen molar-refractivity contribution in [1.29, 1.82) is 0 Å². The van der Waals surface area contributed by atoms with E-state index in [1.807, 2.05) is 0 Å². The second kappa shape index (κ2) is 3.97. The Hall–Kier alpha value is -0.0800. The summed E-state index contributed by atoms with van der Waals surface area (Å²) in [5, 5.41) is 12.7. The zero-order chi connectivity index (χ0) is 9.26. The first-order chi connectivity index (χ1) is 6.33. The summed E-state index contributed by atoms with van der Waals surface area (Å²) in [5.41, 5.74) is 0. The molecule has 0 heterocycles. The zero-order valence-electron chi connectivity index (χ0n) is 8.50. The molecule has 2 heteroatoms. The van der Waals surface area contributed by atoms with E-state index in [1.165, 1.54) is 25.7 Å². The van der Waals surface area contributed by atoms with Crippen molar-refractivity contribution in [3.63, 3.8) is 0 Å². The molecular weight excluding hydrogens is 162 g/mol. The van der Waals surface area contributed by atoms with Crippen LogP contribution >= 0.6 is 0 Å². The molecule has 2 aliphatic rings. The molecular formula is C11H21NO. The Morgan fingerprint density at radius 1 is 1.38 bits per heavy atom. The molecule has 2 N–H and O–H groups in total. The van der Waals surface area contributed by atoms with Crippen LogP contribution in [0.2, 0.25) is 0 Å². The van der Waals surface area contributed by atoms with Crippen molar-refractivity contribution >= 4 is 0 Å². The highest BCUT2D eigenvalue weighted by Gasteiger charge is 2.39. The SMILES string of the molecule is CC[C@@H](CO)N[C@H]1C[C@H]2CC[C@H]1C2. The minimum absolute atomic E-state index is 0.296. The van der Waals surface area contributed by atoms with Gasteiger partial charge in [-0.3, -0.25) is 0 Å². The molecule has 2 fully saturated rings. The molecule has 0 unspecified atom stereocenters. The van der Waals surface area contributed by atoms with Gasteiger partial charge in [0.25, 0.3) is 0 Å². The normalized spacial score (nSPS) is 39.7. The van der Waals surface area contributed by atoms with Crippen molar-refractivity contribution in [2.24, 2.45) is 11.8 Å². The quantitative estimate of drug-likeness (QED) is 0.693. The molecule has 0 radical (unpaired) electrons. The number of fused-ring (bicyclic) bond motifs is 2. The summed E-state index contributed by atoms with van der Waals surface area (Å²) in [4.78, 5) is 0. The minimum Gasteiger partial charge on any atom is -0.395 e. The Kier molecular flexibility index (Phi) is 2.89. The highest BCUT2D eigenvalue weighted by molar-refractivity contribution is 4.95. The van der Waals surface area contributed by atoms with Crippen LogP contribution in [0, 0.1) is 11.8 Å². The molecule has 0 spiro atoms. The first-order valence-electron chi connectivity index (χ1n) is 5.70. The number of nitrogens with one attached hydrogen (secondary N) is 1. The molecule has 76 valence electrons. The van der Waals surface area contributed by atoms with Crippen LogP contribution in [0.4, 0.5) is 0 Å². The van der Waals surface area contributed by atoms with E-state index in [2.05, 4.69) is 12.2 Å². The first-order valence-corrected chi connectivity index (χ1v) is 5.70. The highest BCUT2D eigenvalue weighted by atomic mass is 16.3. The number of rotatable bonds is 4. The summed E-state index contributed by atoms with van der Waals surface area (Å²) in [7, 11) is 0. The van der Waals surface area contributed by atoms with E-state index < -0.39 is 0 Å². The van der Waals surface area contributed by atoms with Gasteiger partial charge in [-0.25, -0.2) is 0 Å². The van der Waals surface area contributed by atoms with Gasteiger partial charge in [0.1, 0.15) is 0 Å². The maximum atomic E-state index is 9.09. The fourth-order valence-corrected chi connectivity index (χ4v) is 3.05. The number of aliphatic hydroxyl groups is 1. The molecule has 4 atom stereocenters. The van der Waals surface area contributed by atoms with Crippen molar-refractivity contribution in [3.05, 3.63) is 0 Å². The van der Waals surface area contributed by atoms with Crippen LogP contribution in [0.15, 0.2) is 0 Å². The molecule has 0 saturated heterocycles. The summed E-state index contributed by atoms with van der Waals surface area (Å²) in [5.74, 6) is 1.92. The van der Waals surface area contributed by atoms with Crippen molar-refractivity contribution in [2.45, 2.75) is 51.1 Å². The van der Waals surface area contributed by atoms with Crippen molar-refractivity contribution in [1.82, 2.24) is 5.32 Å². The van der Waals surface area contributed by atoms with Crippen LogP contribution in [-0.2, 0) is 0 Å².